The third-order valence-corrected chi connectivity index (χ3v) is 2.68. The highest BCUT2D eigenvalue weighted by molar-refractivity contribution is 5.93. The molecule has 0 saturated heterocycles. The highest BCUT2D eigenvalue weighted by Crippen LogP contribution is 2.15. The van der Waals surface area contributed by atoms with E-state index in [-0.39, 0.29) is 24.0 Å². The van der Waals surface area contributed by atoms with E-state index in [0.29, 0.717) is 11.4 Å². The van der Waals surface area contributed by atoms with E-state index in [4.69, 9.17) is 10.00 Å². The van der Waals surface area contributed by atoms with Gasteiger partial charge in [-0.3, -0.25) is 4.79 Å². The third kappa shape index (κ3) is 5.29. The molecule has 0 radical (unpaired) electrons. The SMILES string of the molecule is CCOC(=O)/C(C#N)=C\Nc1ccc(NC(=O)C(C)C)cc1. The highest BCUT2D eigenvalue weighted by Gasteiger charge is 2.09. The molecule has 0 heterocycles. The summed E-state index contributed by atoms with van der Waals surface area (Å²) in [6.45, 7) is 5.51. The molecule has 0 saturated carbocycles. The zero-order valence-corrected chi connectivity index (χ0v) is 12.8. The first-order valence-corrected chi connectivity index (χ1v) is 6.92. The van der Waals surface area contributed by atoms with Crippen molar-refractivity contribution in [2.24, 2.45) is 5.92 Å². The maximum Gasteiger partial charge on any atom is 0.350 e. The Bertz CT molecular complexity index is 598. The summed E-state index contributed by atoms with van der Waals surface area (Å²) in [5.41, 5.74) is 1.25. The minimum absolute atomic E-state index is 0.0605. The molecule has 0 aliphatic rings. The van der Waals surface area contributed by atoms with Crippen molar-refractivity contribution in [3.63, 3.8) is 0 Å². The maximum absolute atomic E-state index is 11.6. The van der Waals surface area contributed by atoms with Gasteiger partial charge in [-0.25, -0.2) is 4.79 Å². The van der Waals surface area contributed by atoms with Crippen LogP contribution in [-0.2, 0) is 14.3 Å². The second kappa shape index (κ2) is 8.47. The van der Waals surface area contributed by atoms with E-state index >= 15 is 0 Å². The summed E-state index contributed by atoms with van der Waals surface area (Å²) in [5.74, 6) is -0.823. The Morgan fingerprint density at radius 3 is 2.36 bits per heavy atom. The summed E-state index contributed by atoms with van der Waals surface area (Å²) >= 11 is 0. The minimum atomic E-state index is -0.668. The molecule has 0 atom stereocenters. The fourth-order valence-electron chi connectivity index (χ4n) is 1.44. The van der Waals surface area contributed by atoms with Crippen LogP contribution in [0.1, 0.15) is 20.8 Å². The van der Waals surface area contributed by atoms with Gasteiger partial charge < -0.3 is 15.4 Å². The van der Waals surface area contributed by atoms with Gasteiger partial charge in [0.1, 0.15) is 6.07 Å². The van der Waals surface area contributed by atoms with Gasteiger partial charge in [0.05, 0.1) is 6.61 Å². The zero-order chi connectivity index (χ0) is 16.5. The standard InChI is InChI=1S/C16H19N3O3/c1-4-22-16(21)12(9-17)10-18-13-5-7-14(8-6-13)19-15(20)11(2)3/h5-8,10-11,18H,4H2,1-3H3,(H,19,20)/b12-10-. The molecular weight excluding hydrogens is 282 g/mol. The lowest BCUT2D eigenvalue weighted by Gasteiger charge is -2.08. The van der Waals surface area contributed by atoms with E-state index in [1.807, 2.05) is 13.8 Å². The molecule has 0 spiro atoms. The van der Waals surface area contributed by atoms with Crippen LogP contribution >= 0.6 is 0 Å². The van der Waals surface area contributed by atoms with E-state index in [1.54, 1.807) is 37.3 Å². The van der Waals surface area contributed by atoms with Crippen molar-refractivity contribution in [1.29, 1.82) is 5.26 Å². The lowest BCUT2D eigenvalue weighted by atomic mass is 10.2. The number of carbonyl (C=O) groups excluding carboxylic acids is 2. The molecule has 0 aromatic heterocycles. The molecule has 1 rings (SSSR count). The molecule has 22 heavy (non-hydrogen) atoms. The van der Waals surface area contributed by atoms with Gasteiger partial charge in [-0.2, -0.15) is 5.26 Å². The van der Waals surface area contributed by atoms with Crippen molar-refractivity contribution in [3.05, 3.63) is 36.0 Å². The van der Waals surface area contributed by atoms with Crippen molar-refractivity contribution in [3.8, 4) is 6.07 Å². The van der Waals surface area contributed by atoms with Gasteiger partial charge in [0.25, 0.3) is 0 Å². The van der Waals surface area contributed by atoms with Crippen molar-refractivity contribution < 1.29 is 14.3 Å². The van der Waals surface area contributed by atoms with Crippen LogP contribution in [0, 0.1) is 17.2 Å². The summed E-state index contributed by atoms with van der Waals surface area (Å²) in [7, 11) is 0. The Kier molecular flexibility index (Phi) is 6.64. The number of anilines is 2. The summed E-state index contributed by atoms with van der Waals surface area (Å²) in [4.78, 5) is 23.0. The monoisotopic (exact) mass is 301 g/mol. The lowest BCUT2D eigenvalue weighted by molar-refractivity contribution is -0.138. The van der Waals surface area contributed by atoms with Crippen LogP contribution in [0.25, 0.3) is 0 Å². The summed E-state index contributed by atoms with van der Waals surface area (Å²) in [6.07, 6.45) is 1.29. The molecule has 0 unspecified atom stereocenters. The first-order valence-electron chi connectivity index (χ1n) is 6.92. The second-order valence-electron chi connectivity index (χ2n) is 4.76. The molecule has 0 aliphatic carbocycles. The molecule has 1 aromatic carbocycles. The molecule has 6 nitrogen and oxygen atoms in total. The summed E-state index contributed by atoms with van der Waals surface area (Å²) < 4.78 is 4.75. The van der Waals surface area contributed by atoms with Gasteiger partial charge in [-0.05, 0) is 31.2 Å². The van der Waals surface area contributed by atoms with E-state index in [9.17, 15) is 9.59 Å². The smallest absolute Gasteiger partial charge is 0.350 e. The predicted octanol–water partition coefficient (Wildman–Crippen LogP) is 2.66. The Morgan fingerprint density at radius 2 is 1.86 bits per heavy atom. The molecule has 2 N–H and O–H groups in total. The average Bonchev–Trinajstić information content (AvgIpc) is 2.49. The number of hydrogen-bond donors (Lipinski definition) is 2. The Labute approximate surface area is 129 Å². The van der Waals surface area contributed by atoms with Crippen molar-refractivity contribution in [2.75, 3.05) is 17.2 Å². The quantitative estimate of drug-likeness (QED) is 0.479. The van der Waals surface area contributed by atoms with Crippen LogP contribution in [0.2, 0.25) is 0 Å². The topological polar surface area (TPSA) is 91.2 Å². The largest absolute Gasteiger partial charge is 0.462 e. The molecule has 1 amide bonds. The number of nitriles is 1. The summed E-state index contributed by atoms with van der Waals surface area (Å²) in [5, 5.41) is 14.5. The molecule has 116 valence electrons. The number of nitrogens with zero attached hydrogens (tertiary/aromatic N) is 1. The zero-order valence-electron chi connectivity index (χ0n) is 12.8. The molecule has 0 fully saturated rings. The van der Waals surface area contributed by atoms with Crippen molar-refractivity contribution in [1.82, 2.24) is 0 Å². The second-order valence-corrected chi connectivity index (χ2v) is 4.76. The number of hydrogen-bond acceptors (Lipinski definition) is 5. The molecular formula is C16H19N3O3. The number of ether oxygens (including phenoxy) is 1. The van der Waals surface area contributed by atoms with Crippen molar-refractivity contribution >= 4 is 23.3 Å². The fraction of sp³-hybridized carbons (Fsp3) is 0.312. The first kappa shape index (κ1) is 17.2. The number of rotatable bonds is 6. The van der Waals surface area contributed by atoms with Gasteiger partial charge in [-0.1, -0.05) is 13.8 Å². The average molecular weight is 301 g/mol. The Balaban J connectivity index is 2.70. The maximum atomic E-state index is 11.6. The normalized spacial score (nSPS) is 10.8. The van der Waals surface area contributed by atoms with Crippen LogP contribution in [0.15, 0.2) is 36.0 Å². The molecule has 0 bridgehead atoms. The van der Waals surface area contributed by atoms with E-state index < -0.39 is 5.97 Å². The number of amides is 1. The Morgan fingerprint density at radius 1 is 1.27 bits per heavy atom. The third-order valence-electron chi connectivity index (χ3n) is 2.68. The molecule has 1 aromatic rings. The lowest BCUT2D eigenvalue weighted by Crippen LogP contribution is -2.17. The first-order chi connectivity index (χ1) is 10.5. The molecule has 6 heteroatoms. The van der Waals surface area contributed by atoms with Gasteiger partial charge >= 0.3 is 5.97 Å². The van der Waals surface area contributed by atoms with Gasteiger partial charge in [0, 0.05) is 23.5 Å². The van der Waals surface area contributed by atoms with E-state index in [0.717, 1.165) is 0 Å². The van der Waals surface area contributed by atoms with Crippen LogP contribution in [-0.4, -0.2) is 18.5 Å². The summed E-state index contributed by atoms with van der Waals surface area (Å²) in [6, 6.07) is 8.69. The van der Waals surface area contributed by atoms with E-state index in [1.165, 1.54) is 6.20 Å². The van der Waals surface area contributed by atoms with Crippen molar-refractivity contribution in [2.45, 2.75) is 20.8 Å². The fourth-order valence-corrected chi connectivity index (χ4v) is 1.44. The number of nitrogens with one attached hydrogen (secondary N) is 2. The van der Waals surface area contributed by atoms with Crippen LogP contribution in [0.4, 0.5) is 11.4 Å². The number of esters is 1. The van der Waals surface area contributed by atoms with Crippen LogP contribution in [0.3, 0.4) is 0 Å². The van der Waals surface area contributed by atoms with E-state index in [2.05, 4.69) is 10.6 Å². The number of benzene rings is 1. The van der Waals surface area contributed by atoms with Crippen LogP contribution < -0.4 is 10.6 Å². The Hall–Kier alpha value is -2.81. The van der Waals surface area contributed by atoms with Gasteiger partial charge in [0.2, 0.25) is 5.91 Å². The number of carbonyl (C=O) groups is 2. The van der Waals surface area contributed by atoms with Gasteiger partial charge in [0.15, 0.2) is 5.57 Å². The van der Waals surface area contributed by atoms with Gasteiger partial charge in [-0.15, -0.1) is 0 Å². The predicted molar refractivity (Wildman–Crippen MR) is 83.9 cm³/mol. The molecule has 0 aliphatic heterocycles. The van der Waals surface area contributed by atoms with Crippen LogP contribution in [0.5, 0.6) is 0 Å². The minimum Gasteiger partial charge on any atom is -0.462 e. The highest BCUT2D eigenvalue weighted by atomic mass is 16.5.